The van der Waals surface area contributed by atoms with Gasteiger partial charge in [-0.25, -0.2) is 0 Å². The summed E-state index contributed by atoms with van der Waals surface area (Å²) in [6, 6.07) is 15.8. The van der Waals surface area contributed by atoms with Gasteiger partial charge < -0.3 is 24.8 Å². The third kappa shape index (κ3) is 5.42. The van der Waals surface area contributed by atoms with Crippen LogP contribution in [0.5, 0.6) is 0 Å². The van der Waals surface area contributed by atoms with Gasteiger partial charge in [-0.3, -0.25) is 0 Å². The molecule has 5 heteroatoms. The Morgan fingerprint density at radius 2 is 1.73 bits per heavy atom. The topological polar surface area (TPSA) is 9.23 Å². The molecule has 0 amide bonds. The maximum Gasteiger partial charge on any atom is -1.00 e. The van der Waals surface area contributed by atoms with Crippen molar-refractivity contribution >= 4 is 15.1 Å². The van der Waals surface area contributed by atoms with Gasteiger partial charge in [0.05, 0.1) is 0 Å². The standard InChI is InChI=1S/C19H19.C2H7OSi.2ClH.Zr/c1-3-5-15-12-17-6-4-7-18(19(17)13-15)16-10-8-14(2)9-11-16;1-4(2)3;;;/h4,6-13H,3,5H2,1-2H3;4H,1-2H3;2*1H;/q;-1;;;+3/p-2. The summed E-state index contributed by atoms with van der Waals surface area (Å²) in [5.41, 5.74) is 8.62. The smallest absolute Gasteiger partial charge is 1.00 e. The molecular formula is C21H26Cl2OSiZr. The van der Waals surface area contributed by atoms with Crippen LogP contribution in [0.4, 0.5) is 0 Å². The molecule has 0 heterocycles. The molecule has 0 saturated carbocycles. The van der Waals surface area contributed by atoms with Crippen LogP contribution in [0.3, 0.4) is 0 Å². The van der Waals surface area contributed by atoms with Gasteiger partial charge in [0.15, 0.2) is 0 Å². The van der Waals surface area contributed by atoms with E-state index in [4.69, 9.17) is 2.50 Å². The van der Waals surface area contributed by atoms with Crippen molar-refractivity contribution in [3.8, 4) is 11.1 Å². The average molecular weight is 485 g/mol. The molecule has 0 aromatic heterocycles. The molecule has 0 radical (unpaired) electrons. The predicted octanol–water partition coefficient (Wildman–Crippen LogP) is -0.0943. The minimum atomic E-state index is -0.917. The van der Waals surface area contributed by atoms with Crippen molar-refractivity contribution in [1.82, 2.24) is 0 Å². The fourth-order valence-electron chi connectivity index (χ4n) is 3.30. The zero-order chi connectivity index (χ0) is 17.1. The quantitative estimate of drug-likeness (QED) is 0.521. The van der Waals surface area contributed by atoms with Crippen LogP contribution in [-0.2, 0) is 26.2 Å². The van der Waals surface area contributed by atoms with E-state index in [-0.39, 0.29) is 24.8 Å². The fourth-order valence-corrected chi connectivity index (χ4v) is 8.58. The number of halogens is 2. The van der Waals surface area contributed by atoms with Gasteiger partial charge in [0.25, 0.3) is 0 Å². The summed E-state index contributed by atoms with van der Waals surface area (Å²) in [5.74, 6) is 0. The van der Waals surface area contributed by atoms with Gasteiger partial charge in [-0.05, 0) is 0 Å². The zero-order valence-electron chi connectivity index (χ0n) is 15.9. The molecule has 1 nitrogen and oxygen atoms in total. The first-order valence-corrected chi connectivity index (χ1v) is 14.1. The summed E-state index contributed by atoms with van der Waals surface area (Å²) in [6.07, 6.45) is 4.90. The van der Waals surface area contributed by atoms with E-state index in [2.05, 4.69) is 75.5 Å². The van der Waals surface area contributed by atoms with Crippen molar-refractivity contribution in [1.29, 1.82) is 0 Å². The summed E-state index contributed by atoms with van der Waals surface area (Å²) in [4.78, 5) is 0. The molecule has 2 aromatic carbocycles. The summed E-state index contributed by atoms with van der Waals surface area (Å²) >= 11 is -0.857. The Morgan fingerprint density at radius 1 is 1.04 bits per heavy atom. The SMILES string of the molecule is CCCC1=Cc2c(-c3ccc(C)cc3)cccc2[CH]1[Zr+2][O][SiH](C)C.[Cl-].[Cl-]. The van der Waals surface area contributed by atoms with E-state index >= 15 is 0 Å². The van der Waals surface area contributed by atoms with Gasteiger partial charge in [-0.2, -0.15) is 0 Å². The Morgan fingerprint density at radius 3 is 2.35 bits per heavy atom. The van der Waals surface area contributed by atoms with E-state index in [1.165, 1.54) is 40.7 Å². The Kier molecular flexibility index (Phi) is 10.1. The second-order valence-electron chi connectivity index (χ2n) is 6.86. The van der Waals surface area contributed by atoms with Crippen molar-refractivity contribution in [2.24, 2.45) is 0 Å². The molecule has 0 spiro atoms. The van der Waals surface area contributed by atoms with Gasteiger partial charge >= 0.3 is 161 Å². The van der Waals surface area contributed by atoms with E-state index < -0.39 is 32.7 Å². The van der Waals surface area contributed by atoms with E-state index in [1.807, 2.05) is 0 Å². The van der Waals surface area contributed by atoms with Crippen molar-refractivity contribution < 1.29 is 51.0 Å². The molecule has 0 saturated heterocycles. The van der Waals surface area contributed by atoms with Crippen molar-refractivity contribution in [3.63, 3.8) is 0 Å². The van der Waals surface area contributed by atoms with Crippen LogP contribution in [-0.4, -0.2) is 9.04 Å². The second-order valence-corrected chi connectivity index (χ2v) is 12.9. The molecule has 1 aliphatic rings. The van der Waals surface area contributed by atoms with Gasteiger partial charge in [0.2, 0.25) is 0 Å². The molecule has 0 fully saturated rings. The Hall–Kier alpha value is -0.180. The van der Waals surface area contributed by atoms with Gasteiger partial charge in [0.1, 0.15) is 0 Å². The van der Waals surface area contributed by atoms with Crippen LogP contribution in [0, 0.1) is 6.92 Å². The molecule has 0 N–H and O–H groups in total. The van der Waals surface area contributed by atoms with Crippen molar-refractivity contribution in [2.45, 2.75) is 43.4 Å². The Labute approximate surface area is 184 Å². The van der Waals surface area contributed by atoms with Gasteiger partial charge in [0, 0.05) is 0 Å². The molecule has 26 heavy (non-hydrogen) atoms. The molecule has 1 aliphatic carbocycles. The van der Waals surface area contributed by atoms with E-state index in [1.54, 1.807) is 5.57 Å². The average Bonchev–Trinajstić information content (AvgIpc) is 2.91. The number of allylic oxidation sites excluding steroid dienone is 1. The van der Waals surface area contributed by atoms with Gasteiger partial charge in [-0.15, -0.1) is 0 Å². The maximum absolute atomic E-state index is 6.29. The summed E-state index contributed by atoms with van der Waals surface area (Å²) in [5, 5.41) is 0. The minimum absolute atomic E-state index is 0. The molecule has 0 bridgehead atoms. The number of fused-ring (bicyclic) bond motifs is 1. The molecule has 0 aliphatic heterocycles. The number of rotatable bonds is 6. The first-order chi connectivity index (χ1) is 11.6. The number of hydrogen-bond donors (Lipinski definition) is 0. The first-order valence-electron chi connectivity index (χ1n) is 8.91. The molecular weight excluding hydrogens is 458 g/mol. The number of aryl methyl sites for hydroxylation is 1. The predicted molar refractivity (Wildman–Crippen MR) is 102 cm³/mol. The van der Waals surface area contributed by atoms with Crippen LogP contribution >= 0.6 is 0 Å². The van der Waals surface area contributed by atoms with E-state index in [0.29, 0.717) is 3.63 Å². The maximum atomic E-state index is 6.29. The first kappa shape index (κ1) is 23.9. The normalized spacial score (nSPS) is 14.8. The van der Waals surface area contributed by atoms with Gasteiger partial charge in [-0.1, -0.05) is 0 Å². The van der Waals surface area contributed by atoms with Crippen LogP contribution in [0.25, 0.3) is 17.2 Å². The molecule has 1 unspecified atom stereocenters. The third-order valence-corrected chi connectivity index (χ3v) is 11.8. The van der Waals surface area contributed by atoms with Crippen LogP contribution in [0.15, 0.2) is 48.0 Å². The van der Waals surface area contributed by atoms with Crippen LogP contribution in [0.1, 0.15) is 40.1 Å². The number of benzene rings is 2. The molecule has 1 atom stereocenters. The van der Waals surface area contributed by atoms with E-state index in [0.717, 1.165) is 0 Å². The Balaban J connectivity index is 0.00000169. The number of hydrogen-bond acceptors (Lipinski definition) is 1. The van der Waals surface area contributed by atoms with Crippen LogP contribution in [0.2, 0.25) is 13.1 Å². The third-order valence-electron chi connectivity index (χ3n) is 4.47. The molecule has 138 valence electrons. The molecule has 3 rings (SSSR count). The van der Waals surface area contributed by atoms with Crippen molar-refractivity contribution in [3.05, 3.63) is 64.7 Å². The monoisotopic (exact) mass is 482 g/mol. The molecule has 2 aromatic rings. The second kappa shape index (κ2) is 11.0. The van der Waals surface area contributed by atoms with E-state index in [9.17, 15) is 0 Å². The fraction of sp³-hybridized carbons (Fsp3) is 0.333. The minimum Gasteiger partial charge on any atom is -1.00 e. The summed E-state index contributed by atoms with van der Waals surface area (Å²) < 4.78 is 6.90. The zero-order valence-corrected chi connectivity index (χ0v) is 21.0. The Bertz CT molecular complexity index is 744. The largest absolute Gasteiger partial charge is 1.00 e. The van der Waals surface area contributed by atoms with Crippen molar-refractivity contribution in [2.75, 3.05) is 0 Å². The van der Waals surface area contributed by atoms with Crippen LogP contribution < -0.4 is 24.8 Å². The summed E-state index contributed by atoms with van der Waals surface area (Å²) in [6.45, 7) is 9.02. The summed E-state index contributed by atoms with van der Waals surface area (Å²) in [7, 11) is -0.917.